The summed E-state index contributed by atoms with van der Waals surface area (Å²) in [6.45, 7) is 6.32. The van der Waals surface area contributed by atoms with Crippen LogP contribution in [0.4, 0.5) is 8.78 Å². The van der Waals surface area contributed by atoms with Crippen LogP contribution >= 0.6 is 0 Å². The molecule has 1 aromatic rings. The second-order valence-corrected chi connectivity index (χ2v) is 5.72. The molecule has 0 aliphatic heterocycles. The molecule has 18 heavy (non-hydrogen) atoms. The van der Waals surface area contributed by atoms with E-state index in [9.17, 15) is 8.78 Å². The van der Waals surface area contributed by atoms with Crippen molar-refractivity contribution < 1.29 is 8.78 Å². The van der Waals surface area contributed by atoms with E-state index >= 15 is 0 Å². The Kier molecular flexibility index (Phi) is 5.23. The van der Waals surface area contributed by atoms with Gasteiger partial charge in [0, 0.05) is 25.2 Å². The van der Waals surface area contributed by atoms with Gasteiger partial charge in [-0.2, -0.15) is 0 Å². The number of halogens is 2. The zero-order valence-electron chi connectivity index (χ0n) is 11.6. The first kappa shape index (κ1) is 15.1. The van der Waals surface area contributed by atoms with Crippen molar-refractivity contribution in [2.45, 2.75) is 20.4 Å². The Labute approximate surface area is 108 Å². The molecule has 0 unspecified atom stereocenters. The Morgan fingerprint density at radius 3 is 2.50 bits per heavy atom. The van der Waals surface area contributed by atoms with Crippen molar-refractivity contribution in [3.8, 4) is 0 Å². The monoisotopic (exact) mass is 256 g/mol. The molecule has 0 radical (unpaired) electrons. The van der Waals surface area contributed by atoms with Crippen LogP contribution < -0.4 is 5.32 Å². The quantitative estimate of drug-likeness (QED) is 0.841. The summed E-state index contributed by atoms with van der Waals surface area (Å²) in [7, 11) is 4.04. The molecule has 0 aliphatic rings. The van der Waals surface area contributed by atoms with E-state index in [4.69, 9.17) is 0 Å². The predicted molar refractivity (Wildman–Crippen MR) is 70.4 cm³/mol. The van der Waals surface area contributed by atoms with Crippen LogP contribution in [-0.2, 0) is 6.54 Å². The highest BCUT2D eigenvalue weighted by Gasteiger charge is 2.18. The zero-order valence-corrected chi connectivity index (χ0v) is 11.6. The number of rotatable bonds is 6. The molecule has 0 amide bonds. The van der Waals surface area contributed by atoms with Crippen molar-refractivity contribution in [3.63, 3.8) is 0 Å². The molecular weight excluding hydrogens is 234 g/mol. The first-order chi connectivity index (χ1) is 8.32. The Morgan fingerprint density at radius 1 is 1.22 bits per heavy atom. The lowest BCUT2D eigenvalue weighted by atomic mass is 9.93. The standard InChI is InChI=1S/C14H22F2N2/c1-14(2,10-18(3)4)9-17-8-11-6-5-7-12(15)13(11)16/h5-7,17H,8-10H2,1-4H3. The van der Waals surface area contributed by atoms with Crippen LogP contribution in [0.5, 0.6) is 0 Å². The predicted octanol–water partition coefficient (Wildman–Crippen LogP) is 2.64. The molecule has 0 aromatic heterocycles. The van der Waals surface area contributed by atoms with E-state index in [0.29, 0.717) is 12.1 Å². The first-order valence-corrected chi connectivity index (χ1v) is 6.10. The Morgan fingerprint density at radius 2 is 1.89 bits per heavy atom. The van der Waals surface area contributed by atoms with Crippen LogP contribution in [-0.4, -0.2) is 32.1 Å². The van der Waals surface area contributed by atoms with Gasteiger partial charge in [-0.25, -0.2) is 8.78 Å². The molecule has 0 bridgehead atoms. The number of hydrogen-bond donors (Lipinski definition) is 1. The summed E-state index contributed by atoms with van der Waals surface area (Å²) < 4.78 is 26.4. The van der Waals surface area contributed by atoms with Crippen LogP contribution in [0.25, 0.3) is 0 Å². The minimum absolute atomic E-state index is 0.0906. The van der Waals surface area contributed by atoms with E-state index in [0.717, 1.165) is 19.2 Å². The van der Waals surface area contributed by atoms with E-state index in [1.165, 1.54) is 6.07 Å². The number of nitrogens with zero attached hydrogens (tertiary/aromatic N) is 1. The van der Waals surface area contributed by atoms with Gasteiger partial charge >= 0.3 is 0 Å². The molecule has 1 aromatic carbocycles. The lowest BCUT2D eigenvalue weighted by Crippen LogP contribution is -2.37. The highest BCUT2D eigenvalue weighted by Crippen LogP contribution is 2.15. The largest absolute Gasteiger partial charge is 0.312 e. The van der Waals surface area contributed by atoms with Crippen molar-refractivity contribution >= 4 is 0 Å². The molecule has 2 nitrogen and oxygen atoms in total. The second kappa shape index (κ2) is 6.25. The number of hydrogen-bond acceptors (Lipinski definition) is 2. The van der Waals surface area contributed by atoms with Crippen LogP contribution in [0.3, 0.4) is 0 Å². The van der Waals surface area contributed by atoms with Crippen molar-refractivity contribution in [2.24, 2.45) is 5.41 Å². The molecule has 0 saturated heterocycles. The summed E-state index contributed by atoms with van der Waals surface area (Å²) in [4.78, 5) is 2.12. The lowest BCUT2D eigenvalue weighted by molar-refractivity contribution is 0.232. The summed E-state index contributed by atoms with van der Waals surface area (Å²) in [5.74, 6) is -1.54. The smallest absolute Gasteiger partial charge is 0.163 e. The van der Waals surface area contributed by atoms with E-state index in [2.05, 4.69) is 24.1 Å². The third-order valence-electron chi connectivity index (χ3n) is 2.69. The van der Waals surface area contributed by atoms with Gasteiger partial charge in [-0.05, 0) is 25.6 Å². The van der Waals surface area contributed by atoms with Gasteiger partial charge in [0.2, 0.25) is 0 Å². The minimum atomic E-state index is -0.790. The van der Waals surface area contributed by atoms with Gasteiger partial charge in [-0.1, -0.05) is 26.0 Å². The van der Waals surface area contributed by atoms with Crippen molar-refractivity contribution in [2.75, 3.05) is 27.2 Å². The summed E-state index contributed by atoms with van der Waals surface area (Å²) in [6.07, 6.45) is 0. The summed E-state index contributed by atoms with van der Waals surface area (Å²) in [5.41, 5.74) is 0.462. The van der Waals surface area contributed by atoms with Crippen LogP contribution in [0.2, 0.25) is 0 Å². The fraction of sp³-hybridized carbons (Fsp3) is 0.571. The number of nitrogens with one attached hydrogen (secondary N) is 1. The Bertz CT molecular complexity index is 389. The molecule has 0 saturated carbocycles. The second-order valence-electron chi connectivity index (χ2n) is 5.72. The van der Waals surface area contributed by atoms with E-state index in [1.54, 1.807) is 6.07 Å². The van der Waals surface area contributed by atoms with Gasteiger partial charge in [-0.15, -0.1) is 0 Å². The lowest BCUT2D eigenvalue weighted by Gasteiger charge is -2.28. The van der Waals surface area contributed by atoms with Gasteiger partial charge in [-0.3, -0.25) is 0 Å². The van der Waals surface area contributed by atoms with Gasteiger partial charge in [0.25, 0.3) is 0 Å². The third-order valence-corrected chi connectivity index (χ3v) is 2.69. The van der Waals surface area contributed by atoms with E-state index in [-0.39, 0.29) is 5.41 Å². The highest BCUT2D eigenvalue weighted by molar-refractivity contribution is 5.18. The molecule has 0 aliphatic carbocycles. The maximum atomic E-state index is 13.4. The molecule has 0 fully saturated rings. The SMILES string of the molecule is CN(C)CC(C)(C)CNCc1cccc(F)c1F. The van der Waals surface area contributed by atoms with Crippen molar-refractivity contribution in [3.05, 3.63) is 35.4 Å². The molecule has 0 spiro atoms. The van der Waals surface area contributed by atoms with Gasteiger partial charge < -0.3 is 10.2 Å². The first-order valence-electron chi connectivity index (χ1n) is 6.10. The van der Waals surface area contributed by atoms with Crippen molar-refractivity contribution in [1.82, 2.24) is 10.2 Å². The number of benzene rings is 1. The maximum Gasteiger partial charge on any atom is 0.163 e. The molecule has 102 valence electrons. The average Bonchev–Trinajstić information content (AvgIpc) is 2.22. The van der Waals surface area contributed by atoms with Crippen LogP contribution in [0.15, 0.2) is 18.2 Å². The third kappa shape index (κ3) is 4.70. The molecule has 1 rings (SSSR count). The van der Waals surface area contributed by atoms with Crippen molar-refractivity contribution in [1.29, 1.82) is 0 Å². The molecule has 4 heteroatoms. The summed E-state index contributed by atoms with van der Waals surface area (Å²) in [6, 6.07) is 4.26. The van der Waals surface area contributed by atoms with Gasteiger partial charge in [0.15, 0.2) is 11.6 Å². The molecule has 1 N–H and O–H groups in total. The topological polar surface area (TPSA) is 15.3 Å². The zero-order chi connectivity index (χ0) is 13.8. The maximum absolute atomic E-state index is 13.4. The molecular formula is C14H22F2N2. The Balaban J connectivity index is 2.49. The van der Waals surface area contributed by atoms with Gasteiger partial charge in [0.1, 0.15) is 0 Å². The molecule has 0 atom stereocenters. The minimum Gasteiger partial charge on any atom is -0.312 e. The highest BCUT2D eigenvalue weighted by atomic mass is 19.2. The fourth-order valence-electron chi connectivity index (χ4n) is 2.13. The summed E-state index contributed by atoms with van der Waals surface area (Å²) >= 11 is 0. The van der Waals surface area contributed by atoms with E-state index in [1.807, 2.05) is 14.1 Å². The fourth-order valence-corrected chi connectivity index (χ4v) is 2.13. The van der Waals surface area contributed by atoms with Gasteiger partial charge in [0.05, 0.1) is 0 Å². The Hall–Kier alpha value is -1.00. The van der Waals surface area contributed by atoms with E-state index < -0.39 is 11.6 Å². The molecule has 0 heterocycles. The normalized spacial score (nSPS) is 12.2. The average molecular weight is 256 g/mol. The van der Waals surface area contributed by atoms with Crippen LogP contribution in [0.1, 0.15) is 19.4 Å². The van der Waals surface area contributed by atoms with Crippen LogP contribution in [0, 0.1) is 17.0 Å². The summed E-state index contributed by atoms with van der Waals surface area (Å²) in [5, 5.41) is 3.18.